The Morgan fingerprint density at radius 3 is 2.72 bits per heavy atom. The average Bonchev–Trinajstić information content (AvgIpc) is 3.24. The smallest absolute Gasteiger partial charge is 0.405 e. The number of hydrogen-bond donors (Lipinski definition) is 2. The molecule has 6 rings (SSSR count). The Morgan fingerprint density at radius 1 is 1.23 bits per heavy atom. The van der Waals surface area contributed by atoms with Crippen LogP contribution in [0.25, 0.3) is 0 Å². The molecule has 226 valence electrons. The van der Waals surface area contributed by atoms with Crippen molar-refractivity contribution in [3.8, 4) is 17.6 Å². The van der Waals surface area contributed by atoms with E-state index in [-0.39, 0.29) is 46.1 Å². The summed E-state index contributed by atoms with van der Waals surface area (Å²) < 4.78 is 44.2. The third-order valence-electron chi connectivity index (χ3n) is 9.47. The normalized spacial score (nSPS) is 28.2. The van der Waals surface area contributed by atoms with Crippen molar-refractivity contribution in [2.75, 3.05) is 19.6 Å². The van der Waals surface area contributed by atoms with Crippen molar-refractivity contribution in [3.05, 3.63) is 59.1 Å². The van der Waals surface area contributed by atoms with Gasteiger partial charge in [-0.2, -0.15) is 5.10 Å². The van der Waals surface area contributed by atoms with Crippen molar-refractivity contribution in [1.29, 1.82) is 0 Å². The van der Waals surface area contributed by atoms with Crippen LogP contribution in [0.3, 0.4) is 0 Å². The van der Waals surface area contributed by atoms with Gasteiger partial charge in [0.2, 0.25) is 0 Å². The first-order chi connectivity index (χ1) is 20.4. The minimum Gasteiger partial charge on any atom is -0.405 e. The highest BCUT2D eigenvalue weighted by atomic mass is 19.4. The lowest BCUT2D eigenvalue weighted by Crippen LogP contribution is -2.43. The number of carbonyl (C=O) groups excluding carboxylic acids is 2. The van der Waals surface area contributed by atoms with Gasteiger partial charge >= 0.3 is 6.36 Å². The van der Waals surface area contributed by atoms with Gasteiger partial charge < -0.3 is 21.1 Å². The predicted molar refractivity (Wildman–Crippen MR) is 151 cm³/mol. The molecule has 9 nitrogen and oxygen atoms in total. The number of para-hydroxylation sites is 1. The summed E-state index contributed by atoms with van der Waals surface area (Å²) in [7, 11) is 0. The number of allylic oxidation sites excluding steroid dienone is 1. The van der Waals surface area contributed by atoms with E-state index in [1.807, 2.05) is 4.90 Å². The Balaban J connectivity index is 1.18. The molecule has 2 aliphatic carbocycles. The van der Waals surface area contributed by atoms with E-state index < -0.39 is 12.3 Å². The SMILES string of the molecule is CC#CC(=O)N1CCC2(C1)CC1(C[C@@H]1C1CCN=C(c3cnn(Cc4ccccc4OC(F)(F)F)c3)C(C(N)=O)=C1N)C2. The summed E-state index contributed by atoms with van der Waals surface area (Å²) >= 11 is 0. The molecule has 43 heavy (non-hydrogen) atoms. The van der Waals surface area contributed by atoms with Crippen LogP contribution in [-0.4, -0.2) is 58.2 Å². The first-order valence-corrected chi connectivity index (χ1v) is 14.3. The second-order valence-electron chi connectivity index (χ2n) is 12.3. The molecule has 1 saturated heterocycles. The van der Waals surface area contributed by atoms with Gasteiger partial charge in [-0.05, 0) is 67.8 Å². The summed E-state index contributed by atoms with van der Waals surface area (Å²) in [5.41, 5.74) is 14.6. The van der Waals surface area contributed by atoms with Crippen molar-refractivity contribution in [2.24, 2.45) is 39.1 Å². The molecule has 2 saturated carbocycles. The molecule has 3 heterocycles. The quantitative estimate of drug-likeness (QED) is 0.496. The van der Waals surface area contributed by atoms with Crippen LogP contribution >= 0.6 is 0 Å². The summed E-state index contributed by atoms with van der Waals surface area (Å²) in [4.78, 5) is 31.6. The van der Waals surface area contributed by atoms with Gasteiger partial charge in [0.05, 0.1) is 24.0 Å². The summed E-state index contributed by atoms with van der Waals surface area (Å²) in [6.45, 7) is 3.59. The molecular weight excluding hydrogens is 561 g/mol. The molecule has 4 N–H and O–H groups in total. The summed E-state index contributed by atoms with van der Waals surface area (Å²) in [5.74, 6) is 4.50. The molecule has 2 aromatic rings. The number of aliphatic imine (C=N–C) groups is 1. The van der Waals surface area contributed by atoms with E-state index in [4.69, 9.17) is 16.5 Å². The van der Waals surface area contributed by atoms with Crippen molar-refractivity contribution in [1.82, 2.24) is 14.7 Å². The minimum absolute atomic E-state index is 0.00759. The van der Waals surface area contributed by atoms with Gasteiger partial charge in [-0.15, -0.1) is 13.2 Å². The lowest BCUT2D eigenvalue weighted by Gasteiger charge is -2.47. The average molecular weight is 595 g/mol. The topological polar surface area (TPSA) is 129 Å². The first-order valence-electron chi connectivity index (χ1n) is 14.3. The van der Waals surface area contributed by atoms with Crippen molar-refractivity contribution >= 4 is 17.5 Å². The number of halogens is 3. The minimum atomic E-state index is -4.82. The maximum absolute atomic E-state index is 12.9. The molecule has 1 unspecified atom stereocenters. The Hall–Kier alpha value is -4.27. The lowest BCUT2D eigenvalue weighted by molar-refractivity contribution is -0.274. The number of rotatable bonds is 6. The third-order valence-corrected chi connectivity index (χ3v) is 9.47. The molecule has 1 aromatic carbocycles. The highest BCUT2D eigenvalue weighted by Crippen LogP contribution is 2.76. The monoisotopic (exact) mass is 594 g/mol. The van der Waals surface area contributed by atoms with E-state index in [9.17, 15) is 22.8 Å². The van der Waals surface area contributed by atoms with Gasteiger partial charge in [-0.3, -0.25) is 19.3 Å². The van der Waals surface area contributed by atoms with Gasteiger partial charge in [0.25, 0.3) is 11.8 Å². The Kier molecular flexibility index (Phi) is 7.02. The van der Waals surface area contributed by atoms with Crippen LogP contribution < -0.4 is 16.2 Å². The molecule has 1 aromatic heterocycles. The van der Waals surface area contributed by atoms with Crippen LogP contribution in [0.2, 0.25) is 0 Å². The zero-order valence-electron chi connectivity index (χ0n) is 23.8. The highest BCUT2D eigenvalue weighted by molar-refractivity contribution is 6.28. The molecule has 2 aliphatic heterocycles. The van der Waals surface area contributed by atoms with Crippen LogP contribution in [0.15, 0.2) is 52.9 Å². The molecule has 0 bridgehead atoms. The fraction of sp³-hybridized carbons (Fsp3) is 0.484. The van der Waals surface area contributed by atoms with E-state index in [0.717, 1.165) is 38.8 Å². The molecule has 2 atom stereocenters. The standard InChI is InChI=1S/C31H33F3N6O3/c1-2-5-24(41)39-11-9-29(18-39)16-30(17-29)12-22(30)21-8-10-37-27(25(26(21)35)28(36)42)20-13-38-40(15-20)14-19-6-3-4-7-23(19)43-31(32,33)34/h3-4,6-7,13,15,21-22H,8-12,14,16-18,35H2,1H3,(H2,36,42)/t21?,22-,29?,30?/m1/s1. The Bertz CT molecular complexity index is 1590. The number of aromatic nitrogens is 2. The van der Waals surface area contributed by atoms with E-state index in [1.165, 1.54) is 29.1 Å². The molecular formula is C31H33F3N6O3. The molecule has 12 heteroatoms. The van der Waals surface area contributed by atoms with E-state index in [1.54, 1.807) is 19.2 Å². The summed E-state index contributed by atoms with van der Waals surface area (Å²) in [6, 6.07) is 5.85. The molecule has 3 fully saturated rings. The number of benzene rings is 1. The second kappa shape index (κ2) is 10.5. The highest BCUT2D eigenvalue weighted by Gasteiger charge is 2.69. The lowest BCUT2D eigenvalue weighted by atomic mass is 9.57. The van der Waals surface area contributed by atoms with Crippen molar-refractivity contribution in [3.63, 3.8) is 0 Å². The van der Waals surface area contributed by atoms with Gasteiger partial charge in [0.1, 0.15) is 5.75 Å². The number of nitrogens with zero attached hydrogens (tertiary/aromatic N) is 4. The van der Waals surface area contributed by atoms with Crippen LogP contribution in [0.1, 0.15) is 50.2 Å². The molecule has 2 amide bonds. The number of hydrogen-bond acceptors (Lipinski definition) is 6. The second-order valence-corrected chi connectivity index (χ2v) is 12.3. The number of carbonyl (C=O) groups is 2. The van der Waals surface area contributed by atoms with Gasteiger partial charge in [0, 0.05) is 48.6 Å². The van der Waals surface area contributed by atoms with Crippen LogP contribution in [0.5, 0.6) is 5.75 Å². The summed E-state index contributed by atoms with van der Waals surface area (Å²) in [6.07, 6.45) is 3.03. The molecule has 0 radical (unpaired) electrons. The Morgan fingerprint density at radius 2 is 2.00 bits per heavy atom. The van der Waals surface area contributed by atoms with Crippen LogP contribution in [0, 0.1) is 34.5 Å². The predicted octanol–water partition coefficient (Wildman–Crippen LogP) is 3.38. The largest absolute Gasteiger partial charge is 0.573 e. The van der Waals surface area contributed by atoms with Gasteiger partial charge in [-0.1, -0.05) is 24.1 Å². The molecule has 2 spiro atoms. The number of ether oxygens (including phenoxy) is 1. The zero-order valence-corrected chi connectivity index (χ0v) is 23.8. The van der Waals surface area contributed by atoms with Crippen molar-refractivity contribution in [2.45, 2.75) is 51.9 Å². The fourth-order valence-electron chi connectivity index (χ4n) is 7.77. The number of amides is 2. The van der Waals surface area contributed by atoms with Gasteiger partial charge in [0.15, 0.2) is 0 Å². The van der Waals surface area contributed by atoms with Crippen LogP contribution in [-0.2, 0) is 16.1 Å². The van der Waals surface area contributed by atoms with Gasteiger partial charge in [-0.25, -0.2) is 0 Å². The maximum atomic E-state index is 12.9. The maximum Gasteiger partial charge on any atom is 0.573 e. The number of nitrogens with two attached hydrogens (primary N) is 2. The van der Waals surface area contributed by atoms with Crippen LogP contribution in [0.4, 0.5) is 13.2 Å². The zero-order chi connectivity index (χ0) is 30.6. The molecule has 4 aliphatic rings. The number of likely N-dealkylation sites (tertiary alicyclic amines) is 1. The first kappa shape index (κ1) is 28.8. The fourth-order valence-corrected chi connectivity index (χ4v) is 7.77. The van der Waals surface area contributed by atoms with E-state index in [2.05, 4.69) is 21.7 Å². The van der Waals surface area contributed by atoms with E-state index in [0.29, 0.717) is 35.9 Å². The van der Waals surface area contributed by atoms with Crippen molar-refractivity contribution < 1.29 is 27.5 Å². The number of alkyl halides is 3. The van der Waals surface area contributed by atoms with E-state index >= 15 is 0 Å². The number of primary amides is 1. The third kappa shape index (κ3) is 5.48. The Labute approximate surface area is 247 Å². The summed E-state index contributed by atoms with van der Waals surface area (Å²) in [5, 5.41) is 4.30.